The summed E-state index contributed by atoms with van der Waals surface area (Å²) in [6.07, 6.45) is -7.86. The first-order valence-corrected chi connectivity index (χ1v) is 8.64. The van der Waals surface area contributed by atoms with Crippen LogP contribution in [-0.2, 0) is 16.0 Å². The van der Waals surface area contributed by atoms with Gasteiger partial charge in [0.15, 0.2) is 0 Å². The van der Waals surface area contributed by atoms with E-state index in [9.17, 15) is 35.2 Å². The van der Waals surface area contributed by atoms with E-state index in [-0.39, 0.29) is 25.0 Å². The Labute approximate surface area is 139 Å². The molecule has 0 bridgehead atoms. The van der Waals surface area contributed by atoms with Crippen LogP contribution in [0.4, 0.5) is 26.7 Å². The van der Waals surface area contributed by atoms with Gasteiger partial charge in [-0.2, -0.15) is 13.2 Å². The van der Waals surface area contributed by atoms with Gasteiger partial charge in [0.1, 0.15) is 5.82 Å². The van der Waals surface area contributed by atoms with Crippen molar-refractivity contribution in [3.8, 4) is 0 Å². The molecule has 2 rings (SSSR count). The molecule has 2 N–H and O–H groups in total. The van der Waals surface area contributed by atoms with E-state index in [0.717, 1.165) is 0 Å². The molecule has 1 saturated carbocycles. The van der Waals surface area contributed by atoms with E-state index in [1.807, 2.05) is 0 Å². The molecular formula is C14H14F5NO4S. The van der Waals surface area contributed by atoms with Gasteiger partial charge in [-0.1, -0.05) is 0 Å². The predicted octanol–water partition coefficient (Wildman–Crippen LogP) is 3.49. The summed E-state index contributed by atoms with van der Waals surface area (Å²) in [5, 5.41) is 7.81. The SMILES string of the molecule is O=C(O)N[C@H]1CC[C@@](F)(S(=O)(=O)c2cc(F)cc(C(F)(F)F)c2)CC1. The van der Waals surface area contributed by atoms with E-state index < -0.39 is 62.3 Å². The largest absolute Gasteiger partial charge is 0.465 e. The summed E-state index contributed by atoms with van der Waals surface area (Å²) in [7, 11) is -4.90. The minimum Gasteiger partial charge on any atom is -0.465 e. The highest BCUT2D eigenvalue weighted by Crippen LogP contribution is 2.41. The Kier molecular flexibility index (Phi) is 4.99. The molecule has 140 valence electrons. The Balaban J connectivity index is 2.33. The van der Waals surface area contributed by atoms with Crippen molar-refractivity contribution in [3.05, 3.63) is 29.6 Å². The van der Waals surface area contributed by atoms with Crippen LogP contribution in [0.15, 0.2) is 23.1 Å². The lowest BCUT2D eigenvalue weighted by molar-refractivity contribution is -0.137. The number of hydrogen-bond donors (Lipinski definition) is 2. The molecule has 1 aliphatic carbocycles. The highest BCUT2D eigenvalue weighted by molar-refractivity contribution is 7.92. The minimum absolute atomic E-state index is 0.123. The van der Waals surface area contributed by atoms with Crippen molar-refractivity contribution in [2.24, 2.45) is 0 Å². The Morgan fingerprint density at radius 1 is 1.20 bits per heavy atom. The minimum atomic E-state index is -4.99. The lowest BCUT2D eigenvalue weighted by Gasteiger charge is -2.33. The number of hydrogen-bond acceptors (Lipinski definition) is 3. The van der Waals surface area contributed by atoms with Crippen LogP contribution < -0.4 is 5.32 Å². The van der Waals surface area contributed by atoms with E-state index in [4.69, 9.17) is 5.11 Å². The van der Waals surface area contributed by atoms with Crippen molar-refractivity contribution in [2.45, 2.75) is 47.8 Å². The van der Waals surface area contributed by atoms with E-state index in [2.05, 4.69) is 5.32 Å². The average Bonchev–Trinajstić information content (AvgIpc) is 2.47. The first-order chi connectivity index (χ1) is 11.3. The van der Waals surface area contributed by atoms with Crippen LogP contribution in [0.2, 0.25) is 0 Å². The monoisotopic (exact) mass is 387 g/mol. The fraction of sp³-hybridized carbons (Fsp3) is 0.500. The molecule has 0 aromatic heterocycles. The third-order valence-corrected chi connectivity index (χ3v) is 6.28. The van der Waals surface area contributed by atoms with Crippen LogP contribution in [0.5, 0.6) is 0 Å². The van der Waals surface area contributed by atoms with Gasteiger partial charge in [-0.05, 0) is 43.9 Å². The molecule has 11 heteroatoms. The zero-order valence-corrected chi connectivity index (χ0v) is 13.4. The molecule has 0 heterocycles. The van der Waals surface area contributed by atoms with Gasteiger partial charge in [0.25, 0.3) is 0 Å². The number of sulfone groups is 1. The lowest BCUT2D eigenvalue weighted by atomic mass is 9.93. The summed E-state index contributed by atoms with van der Waals surface area (Å²) in [5.41, 5.74) is -1.53. The first kappa shape index (κ1) is 19.4. The van der Waals surface area contributed by atoms with Gasteiger partial charge in [-0.25, -0.2) is 22.0 Å². The summed E-state index contributed by atoms with van der Waals surface area (Å²) >= 11 is 0. The highest BCUT2D eigenvalue weighted by atomic mass is 32.2. The molecule has 1 aromatic carbocycles. The van der Waals surface area contributed by atoms with E-state index >= 15 is 0 Å². The Hall–Kier alpha value is -1.91. The molecule has 0 saturated heterocycles. The van der Waals surface area contributed by atoms with Crippen LogP contribution in [-0.4, -0.2) is 30.7 Å². The molecule has 0 aliphatic heterocycles. The Morgan fingerprint density at radius 3 is 2.24 bits per heavy atom. The molecule has 1 aliphatic rings. The molecule has 0 radical (unpaired) electrons. The molecule has 0 unspecified atom stereocenters. The van der Waals surface area contributed by atoms with E-state index in [0.29, 0.717) is 6.07 Å². The van der Waals surface area contributed by atoms with Gasteiger partial charge in [0, 0.05) is 6.04 Å². The Morgan fingerprint density at radius 2 is 1.76 bits per heavy atom. The number of alkyl halides is 4. The Bertz CT molecular complexity index is 770. The summed E-state index contributed by atoms with van der Waals surface area (Å²) < 4.78 is 91.4. The molecule has 1 amide bonds. The second-order valence-electron chi connectivity index (χ2n) is 5.78. The standard InChI is InChI=1S/C14H14F5NO4S/c15-9-5-8(14(17,18)19)6-11(7-9)25(23,24)13(16)3-1-10(2-4-13)20-12(21)22/h5-7,10,20H,1-4H2,(H,21,22)/t10-,13+. The maximum absolute atomic E-state index is 14.9. The van der Waals surface area contributed by atoms with E-state index in [1.165, 1.54) is 0 Å². The van der Waals surface area contributed by atoms with Gasteiger partial charge in [0.05, 0.1) is 10.5 Å². The molecule has 5 nitrogen and oxygen atoms in total. The summed E-state index contributed by atoms with van der Waals surface area (Å²) in [4.78, 5) is 9.45. The van der Waals surface area contributed by atoms with Crippen molar-refractivity contribution in [1.82, 2.24) is 5.32 Å². The third-order valence-electron chi connectivity index (χ3n) is 4.05. The van der Waals surface area contributed by atoms with Crippen LogP contribution in [0.3, 0.4) is 0 Å². The summed E-state index contributed by atoms with van der Waals surface area (Å²) in [6, 6.07) is 0.00158. The highest BCUT2D eigenvalue weighted by Gasteiger charge is 2.48. The number of carboxylic acid groups (broad SMARTS) is 1. The lowest BCUT2D eigenvalue weighted by Crippen LogP contribution is -2.44. The van der Waals surface area contributed by atoms with E-state index in [1.54, 1.807) is 0 Å². The number of amides is 1. The predicted molar refractivity (Wildman–Crippen MR) is 75.8 cm³/mol. The molecule has 1 fully saturated rings. The van der Waals surface area contributed by atoms with Crippen molar-refractivity contribution >= 4 is 15.9 Å². The number of benzene rings is 1. The topological polar surface area (TPSA) is 83.5 Å². The van der Waals surface area contributed by atoms with Gasteiger partial charge >= 0.3 is 12.3 Å². The van der Waals surface area contributed by atoms with Gasteiger partial charge in [-0.3, -0.25) is 0 Å². The second-order valence-corrected chi connectivity index (χ2v) is 7.99. The fourth-order valence-electron chi connectivity index (χ4n) is 2.73. The summed E-state index contributed by atoms with van der Waals surface area (Å²) in [5.74, 6) is -1.45. The second kappa shape index (κ2) is 6.43. The van der Waals surface area contributed by atoms with Crippen LogP contribution in [0.25, 0.3) is 0 Å². The van der Waals surface area contributed by atoms with Crippen LogP contribution >= 0.6 is 0 Å². The normalized spacial score (nSPS) is 24.8. The van der Waals surface area contributed by atoms with Crippen molar-refractivity contribution in [3.63, 3.8) is 0 Å². The molecule has 0 atom stereocenters. The van der Waals surface area contributed by atoms with Gasteiger partial charge < -0.3 is 10.4 Å². The number of rotatable bonds is 3. The molecule has 1 aromatic rings. The number of halogens is 5. The molecule has 25 heavy (non-hydrogen) atoms. The quantitative estimate of drug-likeness (QED) is 0.778. The van der Waals surface area contributed by atoms with Gasteiger partial charge in [0.2, 0.25) is 14.8 Å². The maximum atomic E-state index is 14.9. The van der Waals surface area contributed by atoms with Crippen molar-refractivity contribution < 1.29 is 40.3 Å². The molecule has 0 spiro atoms. The fourth-order valence-corrected chi connectivity index (χ4v) is 4.47. The average molecular weight is 387 g/mol. The number of nitrogens with one attached hydrogen (secondary N) is 1. The van der Waals surface area contributed by atoms with Crippen LogP contribution in [0.1, 0.15) is 31.2 Å². The van der Waals surface area contributed by atoms with Crippen LogP contribution in [0, 0.1) is 5.82 Å². The maximum Gasteiger partial charge on any atom is 0.416 e. The smallest absolute Gasteiger partial charge is 0.416 e. The first-order valence-electron chi connectivity index (χ1n) is 7.16. The zero-order valence-electron chi connectivity index (χ0n) is 12.6. The van der Waals surface area contributed by atoms with Gasteiger partial charge in [-0.15, -0.1) is 0 Å². The zero-order chi connectivity index (χ0) is 19.0. The summed E-state index contributed by atoms with van der Waals surface area (Å²) in [6.45, 7) is 0. The van der Waals surface area contributed by atoms with Crippen molar-refractivity contribution in [1.29, 1.82) is 0 Å². The number of carbonyl (C=O) groups is 1. The van der Waals surface area contributed by atoms with Crippen molar-refractivity contribution in [2.75, 3.05) is 0 Å². The molecular weight excluding hydrogens is 373 g/mol. The third kappa shape index (κ3) is 4.02.